The van der Waals surface area contributed by atoms with E-state index < -0.39 is 17.7 Å². The molecule has 0 aliphatic heterocycles. The van der Waals surface area contributed by atoms with Crippen molar-refractivity contribution in [2.24, 2.45) is 0 Å². The number of hydrogen-bond donors (Lipinski definition) is 2. The molecule has 0 spiro atoms. The van der Waals surface area contributed by atoms with Crippen LogP contribution in [0.5, 0.6) is 0 Å². The number of rotatable bonds is 7. The van der Waals surface area contributed by atoms with Gasteiger partial charge in [-0.3, -0.25) is 4.79 Å². The van der Waals surface area contributed by atoms with Crippen molar-refractivity contribution in [1.82, 2.24) is 0 Å². The van der Waals surface area contributed by atoms with Crippen LogP contribution in [-0.2, 0) is 11.0 Å². The van der Waals surface area contributed by atoms with Gasteiger partial charge in [0.15, 0.2) is 0 Å². The Labute approximate surface area is 119 Å². The molecule has 0 aliphatic carbocycles. The van der Waals surface area contributed by atoms with Crippen LogP contribution in [0.25, 0.3) is 0 Å². The molecule has 0 amide bonds. The Hall–Kier alpha value is -1.43. The van der Waals surface area contributed by atoms with Gasteiger partial charge < -0.3 is 10.4 Å². The van der Waals surface area contributed by atoms with Crippen molar-refractivity contribution in [3.05, 3.63) is 28.8 Å². The van der Waals surface area contributed by atoms with Crippen LogP contribution in [0, 0.1) is 0 Å². The maximum Gasteiger partial charge on any atom is 0.418 e. The zero-order valence-corrected chi connectivity index (χ0v) is 11.4. The number of benzene rings is 1. The highest BCUT2D eigenvalue weighted by Crippen LogP contribution is 2.36. The summed E-state index contributed by atoms with van der Waals surface area (Å²) < 4.78 is 38.3. The molecular formula is C13H15ClF3NO2. The van der Waals surface area contributed by atoms with Gasteiger partial charge in [0, 0.05) is 23.7 Å². The molecule has 0 atom stereocenters. The molecule has 0 saturated heterocycles. The molecule has 20 heavy (non-hydrogen) atoms. The SMILES string of the molecule is O=C(O)CCCCCNc1ccc(Cl)cc1C(F)(F)F. The van der Waals surface area contributed by atoms with Crippen LogP contribution in [0.15, 0.2) is 18.2 Å². The quantitative estimate of drug-likeness (QED) is 0.733. The first-order valence-electron chi connectivity index (χ1n) is 6.13. The Morgan fingerprint density at radius 1 is 1.25 bits per heavy atom. The predicted molar refractivity (Wildman–Crippen MR) is 71.0 cm³/mol. The largest absolute Gasteiger partial charge is 0.481 e. The predicted octanol–water partition coefficient (Wildman–Crippen LogP) is 4.42. The number of anilines is 1. The Balaban J connectivity index is 2.50. The average molecular weight is 310 g/mol. The lowest BCUT2D eigenvalue weighted by molar-refractivity contribution is -0.138. The Morgan fingerprint density at radius 2 is 1.95 bits per heavy atom. The first kappa shape index (κ1) is 16.6. The third-order valence-electron chi connectivity index (χ3n) is 2.67. The number of halogens is 4. The van der Waals surface area contributed by atoms with Crippen LogP contribution in [-0.4, -0.2) is 17.6 Å². The third-order valence-corrected chi connectivity index (χ3v) is 2.90. The maximum absolute atomic E-state index is 12.8. The number of carboxylic acid groups (broad SMARTS) is 1. The fraction of sp³-hybridized carbons (Fsp3) is 0.462. The molecule has 0 saturated carbocycles. The minimum Gasteiger partial charge on any atom is -0.481 e. The van der Waals surface area contributed by atoms with Gasteiger partial charge in [-0.25, -0.2) is 0 Å². The fourth-order valence-electron chi connectivity index (χ4n) is 1.71. The average Bonchev–Trinajstić information content (AvgIpc) is 2.33. The molecular weight excluding hydrogens is 295 g/mol. The third kappa shape index (κ3) is 5.69. The molecule has 1 aromatic rings. The van der Waals surface area contributed by atoms with Crippen molar-refractivity contribution in [2.45, 2.75) is 31.9 Å². The lowest BCUT2D eigenvalue weighted by Gasteiger charge is -2.14. The Morgan fingerprint density at radius 3 is 2.55 bits per heavy atom. The fourth-order valence-corrected chi connectivity index (χ4v) is 1.88. The van der Waals surface area contributed by atoms with Gasteiger partial charge in [-0.15, -0.1) is 0 Å². The smallest absolute Gasteiger partial charge is 0.418 e. The second-order valence-electron chi connectivity index (χ2n) is 4.32. The van der Waals surface area contributed by atoms with E-state index in [9.17, 15) is 18.0 Å². The van der Waals surface area contributed by atoms with Crippen LogP contribution in [0.2, 0.25) is 5.02 Å². The van der Waals surface area contributed by atoms with Gasteiger partial charge in [0.05, 0.1) is 5.56 Å². The molecule has 0 aliphatic rings. The van der Waals surface area contributed by atoms with E-state index in [0.717, 1.165) is 6.07 Å². The van der Waals surface area contributed by atoms with E-state index in [-0.39, 0.29) is 17.1 Å². The molecule has 0 aromatic heterocycles. The molecule has 112 valence electrons. The zero-order chi connectivity index (χ0) is 15.2. The van der Waals surface area contributed by atoms with Crippen LogP contribution < -0.4 is 5.32 Å². The van der Waals surface area contributed by atoms with E-state index in [1.165, 1.54) is 12.1 Å². The lowest BCUT2D eigenvalue weighted by Crippen LogP contribution is -2.11. The molecule has 0 radical (unpaired) electrons. The van der Waals surface area contributed by atoms with Gasteiger partial charge in [0.1, 0.15) is 0 Å². The highest BCUT2D eigenvalue weighted by Gasteiger charge is 2.33. The van der Waals surface area contributed by atoms with Gasteiger partial charge in [0.2, 0.25) is 0 Å². The number of carbonyl (C=O) groups is 1. The van der Waals surface area contributed by atoms with Crippen LogP contribution in [0.1, 0.15) is 31.2 Å². The van der Waals surface area contributed by atoms with Gasteiger partial charge in [-0.05, 0) is 31.0 Å². The number of hydrogen-bond acceptors (Lipinski definition) is 2. The first-order valence-corrected chi connectivity index (χ1v) is 6.51. The van der Waals surface area contributed by atoms with Crippen molar-refractivity contribution in [1.29, 1.82) is 0 Å². The van der Waals surface area contributed by atoms with Gasteiger partial charge in [-0.1, -0.05) is 18.0 Å². The van der Waals surface area contributed by atoms with E-state index in [1.54, 1.807) is 0 Å². The number of aliphatic carboxylic acids is 1. The first-order chi connectivity index (χ1) is 9.30. The summed E-state index contributed by atoms with van der Waals surface area (Å²) in [5.74, 6) is -0.866. The van der Waals surface area contributed by atoms with Crippen molar-refractivity contribution in [2.75, 3.05) is 11.9 Å². The van der Waals surface area contributed by atoms with Crippen LogP contribution in [0.4, 0.5) is 18.9 Å². The van der Waals surface area contributed by atoms with Gasteiger partial charge >= 0.3 is 12.1 Å². The van der Waals surface area contributed by atoms with Gasteiger partial charge in [0.25, 0.3) is 0 Å². The standard InChI is InChI=1S/C13H15ClF3NO2/c14-9-5-6-11(10(8-9)13(15,16)17)18-7-3-1-2-4-12(19)20/h5-6,8,18H,1-4,7H2,(H,19,20). The van der Waals surface area contributed by atoms with E-state index in [0.29, 0.717) is 25.8 Å². The van der Waals surface area contributed by atoms with E-state index in [4.69, 9.17) is 16.7 Å². The van der Waals surface area contributed by atoms with Crippen molar-refractivity contribution in [3.8, 4) is 0 Å². The zero-order valence-electron chi connectivity index (χ0n) is 10.6. The molecule has 0 fully saturated rings. The highest BCUT2D eigenvalue weighted by atomic mass is 35.5. The molecule has 2 N–H and O–H groups in total. The lowest BCUT2D eigenvalue weighted by atomic mass is 10.1. The molecule has 7 heteroatoms. The minimum absolute atomic E-state index is 0.0138. The molecule has 0 bridgehead atoms. The Bertz CT molecular complexity index is 463. The summed E-state index contributed by atoms with van der Waals surface area (Å²) >= 11 is 5.57. The van der Waals surface area contributed by atoms with Gasteiger partial charge in [-0.2, -0.15) is 13.2 Å². The van der Waals surface area contributed by atoms with Crippen LogP contribution in [0.3, 0.4) is 0 Å². The summed E-state index contributed by atoms with van der Waals surface area (Å²) in [5, 5.41) is 11.2. The summed E-state index contributed by atoms with van der Waals surface area (Å²) in [5.41, 5.74) is -0.810. The monoisotopic (exact) mass is 309 g/mol. The number of nitrogens with one attached hydrogen (secondary N) is 1. The second kappa shape index (κ2) is 7.38. The summed E-state index contributed by atoms with van der Waals surface area (Å²) in [7, 11) is 0. The van der Waals surface area contributed by atoms with E-state index in [2.05, 4.69) is 5.32 Å². The normalized spacial score (nSPS) is 11.4. The summed E-state index contributed by atoms with van der Waals surface area (Å²) in [6.07, 6.45) is -2.61. The topological polar surface area (TPSA) is 49.3 Å². The number of alkyl halides is 3. The maximum atomic E-state index is 12.8. The second-order valence-corrected chi connectivity index (χ2v) is 4.76. The summed E-state index contributed by atoms with van der Waals surface area (Å²) in [4.78, 5) is 10.3. The number of carboxylic acids is 1. The minimum atomic E-state index is -4.46. The molecule has 1 rings (SSSR count). The van der Waals surface area contributed by atoms with Crippen molar-refractivity contribution < 1.29 is 23.1 Å². The molecule has 1 aromatic carbocycles. The van der Waals surface area contributed by atoms with E-state index >= 15 is 0 Å². The highest BCUT2D eigenvalue weighted by molar-refractivity contribution is 6.30. The number of unbranched alkanes of at least 4 members (excludes halogenated alkanes) is 2. The molecule has 3 nitrogen and oxygen atoms in total. The molecule has 0 heterocycles. The van der Waals surface area contributed by atoms with Crippen LogP contribution >= 0.6 is 11.6 Å². The van der Waals surface area contributed by atoms with E-state index in [1.807, 2.05) is 0 Å². The summed E-state index contributed by atoms with van der Waals surface area (Å²) in [6, 6.07) is 3.57. The Kier molecular flexibility index (Phi) is 6.13. The van der Waals surface area contributed by atoms with Crippen molar-refractivity contribution in [3.63, 3.8) is 0 Å². The summed E-state index contributed by atoms with van der Waals surface area (Å²) in [6.45, 7) is 0.352. The van der Waals surface area contributed by atoms with Crippen molar-refractivity contribution >= 4 is 23.3 Å². The molecule has 0 unspecified atom stereocenters.